The van der Waals surface area contributed by atoms with E-state index in [1.165, 1.54) is 18.5 Å². The van der Waals surface area contributed by atoms with Crippen LogP contribution >= 0.6 is 0 Å². The van der Waals surface area contributed by atoms with Crippen molar-refractivity contribution >= 4 is 11.8 Å². The number of aromatic nitrogens is 2. The van der Waals surface area contributed by atoms with Crippen LogP contribution in [0.1, 0.15) is 48.9 Å². The zero-order chi connectivity index (χ0) is 23.6. The molecule has 1 aromatic carbocycles. The van der Waals surface area contributed by atoms with Crippen LogP contribution in [0.15, 0.2) is 30.6 Å². The van der Waals surface area contributed by atoms with Crippen LogP contribution in [-0.2, 0) is 28.7 Å². The fourth-order valence-electron chi connectivity index (χ4n) is 4.37. The first-order chi connectivity index (χ1) is 15.7. The topological polar surface area (TPSA) is 75.5 Å². The predicted octanol–water partition coefficient (Wildman–Crippen LogP) is 4.62. The van der Waals surface area contributed by atoms with E-state index in [4.69, 9.17) is 4.74 Å². The lowest BCUT2D eigenvalue weighted by atomic mass is 9.73. The molecule has 1 aliphatic carbocycles. The fraction of sp³-hybridized carbons (Fsp3) is 0.522. The molecule has 2 aliphatic rings. The Labute approximate surface area is 188 Å². The monoisotopic (exact) mass is 467 g/mol. The number of alkyl halides is 3. The maximum atomic E-state index is 15.6. The molecule has 10 heteroatoms. The Morgan fingerprint density at radius 2 is 1.82 bits per heavy atom. The Bertz CT molecular complexity index is 987. The molecular formula is C23H25F4N3O3. The first-order valence-electron chi connectivity index (χ1n) is 10.9. The Balaban J connectivity index is 1.58. The molecule has 0 spiro atoms. The summed E-state index contributed by atoms with van der Waals surface area (Å²) in [5.74, 6) is -1.46. The van der Waals surface area contributed by atoms with Crippen molar-refractivity contribution in [3.8, 4) is 0 Å². The van der Waals surface area contributed by atoms with Gasteiger partial charge in [-0.1, -0.05) is 12.1 Å². The molecule has 2 fully saturated rings. The van der Waals surface area contributed by atoms with Crippen LogP contribution in [0.4, 0.5) is 23.4 Å². The standard InChI is InChI=1S/C23H25F4N3O3/c24-20-18(11-22(12-19(31)32)7-9-33-10-8-22)28-14-29-21(20)30(17-5-6-17)13-15-1-3-16(4-2-15)23(25,26)27/h1-4,14,17H,5-13H2,(H,31,32). The minimum Gasteiger partial charge on any atom is -0.481 e. The number of nitrogens with zero attached hydrogens (tertiary/aromatic N) is 3. The third-order valence-electron chi connectivity index (χ3n) is 6.36. The number of carboxylic acids is 1. The molecule has 33 heavy (non-hydrogen) atoms. The molecule has 6 nitrogen and oxygen atoms in total. The van der Waals surface area contributed by atoms with Crippen LogP contribution in [0.25, 0.3) is 0 Å². The quantitative estimate of drug-likeness (QED) is 0.571. The van der Waals surface area contributed by atoms with Crippen molar-refractivity contribution in [2.75, 3.05) is 18.1 Å². The molecule has 0 atom stereocenters. The molecule has 0 bridgehead atoms. The number of aliphatic carboxylic acids is 1. The Hall–Kier alpha value is -2.75. The lowest BCUT2D eigenvalue weighted by molar-refractivity contribution is -0.141. The van der Waals surface area contributed by atoms with E-state index in [9.17, 15) is 23.1 Å². The van der Waals surface area contributed by atoms with Gasteiger partial charge < -0.3 is 14.7 Å². The number of benzene rings is 1. The van der Waals surface area contributed by atoms with Gasteiger partial charge in [-0.3, -0.25) is 4.79 Å². The summed E-state index contributed by atoms with van der Waals surface area (Å²) in [4.78, 5) is 21.5. The van der Waals surface area contributed by atoms with Gasteiger partial charge in [0, 0.05) is 25.8 Å². The number of hydrogen-bond donors (Lipinski definition) is 1. The SMILES string of the molecule is O=C(O)CC1(Cc2ncnc(N(Cc3ccc(C(F)(F)F)cc3)C3CC3)c2F)CCOCC1. The number of ether oxygens (including phenoxy) is 1. The van der Waals surface area contributed by atoms with Crippen molar-refractivity contribution in [1.29, 1.82) is 0 Å². The highest BCUT2D eigenvalue weighted by molar-refractivity contribution is 5.67. The van der Waals surface area contributed by atoms with Crippen LogP contribution in [0, 0.1) is 11.2 Å². The predicted molar refractivity (Wildman–Crippen MR) is 111 cm³/mol. The first-order valence-corrected chi connectivity index (χ1v) is 10.9. The van der Waals surface area contributed by atoms with E-state index in [0.717, 1.165) is 25.0 Å². The Morgan fingerprint density at radius 1 is 1.15 bits per heavy atom. The van der Waals surface area contributed by atoms with E-state index < -0.39 is 28.9 Å². The zero-order valence-corrected chi connectivity index (χ0v) is 17.9. The average Bonchev–Trinajstić information content (AvgIpc) is 3.59. The fourth-order valence-corrected chi connectivity index (χ4v) is 4.37. The number of hydrogen-bond acceptors (Lipinski definition) is 5. The van der Waals surface area contributed by atoms with Crippen LogP contribution in [0.3, 0.4) is 0 Å². The molecule has 2 heterocycles. The van der Waals surface area contributed by atoms with E-state index in [1.807, 2.05) is 0 Å². The number of carboxylic acid groups (broad SMARTS) is 1. The highest BCUT2D eigenvalue weighted by Gasteiger charge is 2.38. The molecule has 0 amide bonds. The Kier molecular flexibility index (Phi) is 6.56. The van der Waals surface area contributed by atoms with Gasteiger partial charge in [-0.15, -0.1) is 0 Å². The van der Waals surface area contributed by atoms with Gasteiger partial charge >= 0.3 is 12.1 Å². The third kappa shape index (κ3) is 5.61. The van der Waals surface area contributed by atoms with Crippen LogP contribution in [-0.4, -0.2) is 40.3 Å². The third-order valence-corrected chi connectivity index (χ3v) is 6.36. The summed E-state index contributed by atoms with van der Waals surface area (Å²) >= 11 is 0. The lowest BCUT2D eigenvalue weighted by Crippen LogP contribution is -2.35. The summed E-state index contributed by atoms with van der Waals surface area (Å²) in [6.45, 7) is 1.04. The summed E-state index contributed by atoms with van der Waals surface area (Å²) in [6.07, 6.45) is -0.441. The summed E-state index contributed by atoms with van der Waals surface area (Å²) in [5, 5.41) is 9.39. The van der Waals surface area contributed by atoms with E-state index in [0.29, 0.717) is 31.6 Å². The van der Waals surface area contributed by atoms with Crippen molar-refractivity contribution < 1.29 is 32.2 Å². The molecular weight excluding hydrogens is 442 g/mol. The van der Waals surface area contributed by atoms with Crippen LogP contribution in [0.2, 0.25) is 0 Å². The maximum absolute atomic E-state index is 15.6. The van der Waals surface area contributed by atoms with Gasteiger partial charge in [0.1, 0.15) is 6.33 Å². The smallest absolute Gasteiger partial charge is 0.416 e. The number of carbonyl (C=O) groups is 1. The van der Waals surface area contributed by atoms with Crippen LogP contribution < -0.4 is 4.90 Å². The number of rotatable bonds is 8. The van der Waals surface area contributed by atoms with E-state index in [-0.39, 0.29) is 36.9 Å². The van der Waals surface area contributed by atoms with Crippen molar-refractivity contribution in [2.24, 2.45) is 5.41 Å². The summed E-state index contributed by atoms with van der Waals surface area (Å²) in [6, 6.07) is 4.86. The number of anilines is 1. The summed E-state index contributed by atoms with van der Waals surface area (Å²) < 4.78 is 59.6. The minimum absolute atomic E-state index is 0.0422. The highest BCUT2D eigenvalue weighted by atomic mass is 19.4. The molecule has 0 radical (unpaired) electrons. The maximum Gasteiger partial charge on any atom is 0.416 e. The summed E-state index contributed by atoms with van der Waals surface area (Å²) in [5.41, 5.74) is -0.614. The van der Waals surface area contributed by atoms with Gasteiger partial charge in [0.15, 0.2) is 11.6 Å². The zero-order valence-electron chi connectivity index (χ0n) is 17.9. The normalized spacial score (nSPS) is 18.2. The second kappa shape index (κ2) is 9.24. The molecule has 178 valence electrons. The molecule has 1 saturated carbocycles. The number of halogens is 4. The first kappa shape index (κ1) is 23.4. The van der Waals surface area contributed by atoms with Gasteiger partial charge in [0.2, 0.25) is 0 Å². The van der Waals surface area contributed by atoms with Crippen molar-refractivity contribution in [2.45, 2.75) is 57.3 Å². The van der Waals surface area contributed by atoms with Gasteiger partial charge in [-0.25, -0.2) is 14.4 Å². The van der Waals surface area contributed by atoms with Gasteiger partial charge in [0.05, 0.1) is 17.7 Å². The molecule has 1 saturated heterocycles. The van der Waals surface area contributed by atoms with Crippen molar-refractivity contribution in [3.63, 3.8) is 0 Å². The van der Waals surface area contributed by atoms with Crippen LogP contribution in [0.5, 0.6) is 0 Å². The van der Waals surface area contributed by atoms with Crippen molar-refractivity contribution in [1.82, 2.24) is 9.97 Å². The molecule has 2 aromatic rings. The minimum atomic E-state index is -4.42. The largest absolute Gasteiger partial charge is 0.481 e. The molecule has 1 aliphatic heterocycles. The lowest BCUT2D eigenvalue weighted by Gasteiger charge is -2.36. The molecule has 1 N–H and O–H groups in total. The Morgan fingerprint density at radius 3 is 2.39 bits per heavy atom. The van der Waals surface area contributed by atoms with Crippen molar-refractivity contribution in [3.05, 3.63) is 53.2 Å². The molecule has 1 aromatic heterocycles. The van der Waals surface area contributed by atoms with Gasteiger partial charge in [-0.05, 0) is 55.2 Å². The van der Waals surface area contributed by atoms with E-state index >= 15 is 4.39 Å². The van der Waals surface area contributed by atoms with Gasteiger partial charge in [0.25, 0.3) is 0 Å². The van der Waals surface area contributed by atoms with Gasteiger partial charge in [-0.2, -0.15) is 13.2 Å². The molecule has 0 unspecified atom stereocenters. The second-order valence-electron chi connectivity index (χ2n) is 8.87. The highest BCUT2D eigenvalue weighted by Crippen LogP contribution is 2.40. The average molecular weight is 467 g/mol. The molecule has 4 rings (SSSR count). The second-order valence-corrected chi connectivity index (χ2v) is 8.87. The summed E-state index contributed by atoms with van der Waals surface area (Å²) in [7, 11) is 0. The van der Waals surface area contributed by atoms with E-state index in [1.54, 1.807) is 4.90 Å². The van der Waals surface area contributed by atoms with E-state index in [2.05, 4.69) is 9.97 Å².